The van der Waals surface area contributed by atoms with Gasteiger partial charge in [-0.15, -0.1) is 8.58 Å². The number of benzene rings is 2. The van der Waals surface area contributed by atoms with Crippen molar-refractivity contribution in [2.75, 3.05) is 36.0 Å². The monoisotopic (exact) mass is 533 g/mol. The fourth-order valence-corrected chi connectivity index (χ4v) is 6.83. The summed E-state index contributed by atoms with van der Waals surface area (Å²) in [5, 5.41) is 0. The smallest absolute Gasteiger partial charge is 0.165 e. The van der Waals surface area contributed by atoms with E-state index in [9.17, 15) is 0 Å². The van der Waals surface area contributed by atoms with Crippen molar-refractivity contribution in [1.82, 2.24) is 19.5 Å². The van der Waals surface area contributed by atoms with Crippen LogP contribution in [0, 0.1) is 0 Å². The van der Waals surface area contributed by atoms with Crippen molar-refractivity contribution in [3.8, 4) is 28.3 Å². The van der Waals surface area contributed by atoms with E-state index in [4.69, 9.17) is 21.4 Å². The van der Waals surface area contributed by atoms with Gasteiger partial charge in [0.15, 0.2) is 11.5 Å². The Morgan fingerprint density at radius 1 is 0.846 bits per heavy atom. The van der Waals surface area contributed by atoms with E-state index in [-0.39, 0.29) is 5.54 Å². The highest BCUT2D eigenvalue weighted by Crippen LogP contribution is 2.39. The van der Waals surface area contributed by atoms with Gasteiger partial charge in [-0.05, 0) is 85.7 Å². The highest BCUT2D eigenvalue weighted by molar-refractivity contribution is 7.38. The van der Waals surface area contributed by atoms with E-state index in [1.54, 1.807) is 6.20 Å². The van der Waals surface area contributed by atoms with Gasteiger partial charge in [-0.3, -0.25) is 4.57 Å². The summed E-state index contributed by atoms with van der Waals surface area (Å²) in [5.74, 6) is 1.16. The molecule has 0 bridgehead atoms. The maximum Gasteiger partial charge on any atom is 0.165 e. The summed E-state index contributed by atoms with van der Waals surface area (Å²) >= 11 is 0. The van der Waals surface area contributed by atoms with E-state index in [1.807, 2.05) is 12.1 Å². The maximum atomic E-state index is 6.62. The third-order valence-corrected chi connectivity index (χ3v) is 9.31. The molecule has 2 fully saturated rings. The maximum absolute atomic E-state index is 6.62. The van der Waals surface area contributed by atoms with Gasteiger partial charge in [-0.2, -0.15) is 0 Å². The molecule has 1 aliphatic heterocycles. The van der Waals surface area contributed by atoms with E-state index in [0.29, 0.717) is 5.82 Å². The number of pyridine rings is 2. The predicted octanol–water partition coefficient (Wildman–Crippen LogP) is 5.57. The van der Waals surface area contributed by atoms with Crippen LogP contribution in [0.4, 0.5) is 11.5 Å². The highest BCUT2D eigenvalue weighted by Gasteiger charge is 2.34. The number of anilines is 2. The molecule has 0 spiro atoms. The van der Waals surface area contributed by atoms with Gasteiger partial charge in [0.25, 0.3) is 0 Å². The third kappa shape index (κ3) is 4.36. The zero-order valence-electron chi connectivity index (χ0n) is 21.8. The number of fused-ring (bicyclic) bond motifs is 1. The summed E-state index contributed by atoms with van der Waals surface area (Å²) < 4.78 is 2.09. The minimum atomic E-state index is -0.211. The van der Waals surface area contributed by atoms with Gasteiger partial charge in [0.05, 0.1) is 11.3 Å². The molecule has 0 radical (unpaired) electrons. The highest BCUT2D eigenvalue weighted by atomic mass is 31.1. The summed E-state index contributed by atoms with van der Waals surface area (Å²) in [6, 6.07) is 25.2. The molecule has 4 N–H and O–H groups in total. The molecule has 5 aromatic rings. The summed E-state index contributed by atoms with van der Waals surface area (Å²) in [7, 11) is 1.08. The molecule has 0 unspecified atom stereocenters. The van der Waals surface area contributed by atoms with Gasteiger partial charge >= 0.3 is 0 Å². The van der Waals surface area contributed by atoms with Crippen LogP contribution in [-0.2, 0) is 5.54 Å². The van der Waals surface area contributed by atoms with E-state index < -0.39 is 0 Å². The lowest BCUT2D eigenvalue weighted by Gasteiger charge is -2.38. The summed E-state index contributed by atoms with van der Waals surface area (Å²) in [4.78, 5) is 17.0. The van der Waals surface area contributed by atoms with Crippen LogP contribution in [0.15, 0.2) is 79.0 Å². The van der Waals surface area contributed by atoms with Gasteiger partial charge in [-0.25, -0.2) is 15.0 Å². The normalized spacial score (nSPS) is 16.8. The van der Waals surface area contributed by atoms with Crippen molar-refractivity contribution in [3.63, 3.8) is 0 Å². The van der Waals surface area contributed by atoms with Crippen molar-refractivity contribution in [1.29, 1.82) is 0 Å². The number of aromatic nitrogens is 4. The van der Waals surface area contributed by atoms with Crippen LogP contribution in [0.5, 0.6) is 0 Å². The van der Waals surface area contributed by atoms with Crippen LogP contribution in [0.1, 0.15) is 24.8 Å². The number of hydrogen-bond acceptors (Lipinski definition) is 6. The second-order valence-electron chi connectivity index (χ2n) is 10.6. The lowest BCUT2D eigenvalue weighted by atomic mass is 9.73. The first kappa shape index (κ1) is 24.3. The van der Waals surface area contributed by atoms with Crippen molar-refractivity contribution >= 4 is 31.2 Å². The van der Waals surface area contributed by atoms with Crippen molar-refractivity contribution < 1.29 is 0 Å². The SMILES string of the molecule is Nc1ncccc1-c1nc2ccc(-c3cccc(N4CCPCC4)c3)nc2n1-c1ccc(C2(N)CCC2)cc1. The Morgan fingerprint density at radius 2 is 1.67 bits per heavy atom. The summed E-state index contributed by atoms with van der Waals surface area (Å²) in [5.41, 5.74) is 20.5. The van der Waals surface area contributed by atoms with Crippen LogP contribution in [0.3, 0.4) is 0 Å². The average molecular weight is 534 g/mol. The molecule has 4 heterocycles. The molecule has 3 aromatic heterocycles. The van der Waals surface area contributed by atoms with Crippen LogP contribution < -0.4 is 16.4 Å². The molecule has 1 saturated carbocycles. The topological polar surface area (TPSA) is 98.9 Å². The molecule has 2 aliphatic rings. The number of rotatable bonds is 5. The van der Waals surface area contributed by atoms with Crippen LogP contribution in [-0.4, -0.2) is 44.9 Å². The largest absolute Gasteiger partial charge is 0.383 e. The van der Waals surface area contributed by atoms with E-state index >= 15 is 0 Å². The number of nitrogen functional groups attached to an aromatic ring is 1. The number of nitrogens with zero attached hydrogens (tertiary/aromatic N) is 5. The predicted molar refractivity (Wildman–Crippen MR) is 162 cm³/mol. The molecule has 196 valence electrons. The molecule has 1 aliphatic carbocycles. The summed E-state index contributed by atoms with van der Waals surface area (Å²) in [6.45, 7) is 2.24. The first-order chi connectivity index (χ1) is 19.1. The van der Waals surface area contributed by atoms with Crippen LogP contribution >= 0.6 is 8.58 Å². The lowest BCUT2D eigenvalue weighted by Crippen LogP contribution is -2.43. The fraction of sp³-hybridized carbons (Fsp3) is 0.258. The Morgan fingerprint density at radius 3 is 2.41 bits per heavy atom. The standard InChI is InChI=1S/C31H32N7P/c32-28-25(6-2-15-34-28)29-36-27-12-11-26(21-4-1-5-24(20-21)37-16-18-39-19-17-37)35-30(27)38(29)23-9-7-22(8-10-23)31(33)13-3-14-31/h1-2,4-12,15,20,39H,3,13-14,16-19,33H2,(H2,32,34). The van der Waals surface area contributed by atoms with Crippen LogP contribution in [0.25, 0.3) is 39.5 Å². The second kappa shape index (κ2) is 9.74. The second-order valence-corrected chi connectivity index (χ2v) is 12.1. The van der Waals surface area contributed by atoms with E-state index in [2.05, 4.69) is 75.1 Å². The Kier molecular flexibility index (Phi) is 6.06. The molecular weight excluding hydrogens is 501 g/mol. The van der Waals surface area contributed by atoms with Crippen LogP contribution in [0.2, 0.25) is 0 Å². The molecule has 7 rings (SSSR count). The van der Waals surface area contributed by atoms with Crippen molar-refractivity contribution in [2.45, 2.75) is 24.8 Å². The Bertz CT molecular complexity index is 1650. The molecule has 2 aromatic carbocycles. The third-order valence-electron chi connectivity index (χ3n) is 8.15. The zero-order chi connectivity index (χ0) is 26.4. The Labute approximate surface area is 230 Å². The Hall–Kier alpha value is -3.80. The average Bonchev–Trinajstić information content (AvgIpc) is 3.35. The van der Waals surface area contributed by atoms with Gasteiger partial charge in [-0.1, -0.05) is 24.3 Å². The van der Waals surface area contributed by atoms with Gasteiger partial charge in [0.2, 0.25) is 0 Å². The fourth-order valence-electron chi connectivity index (χ4n) is 5.72. The molecule has 8 heteroatoms. The molecule has 0 amide bonds. The quantitative estimate of drug-likeness (QED) is 0.287. The van der Waals surface area contributed by atoms with Crippen molar-refractivity contribution in [2.24, 2.45) is 5.73 Å². The Balaban J connectivity index is 1.36. The zero-order valence-corrected chi connectivity index (χ0v) is 22.8. The van der Waals surface area contributed by atoms with Gasteiger partial charge < -0.3 is 16.4 Å². The minimum absolute atomic E-state index is 0.211. The van der Waals surface area contributed by atoms with E-state index in [1.165, 1.54) is 30.0 Å². The molecule has 7 nitrogen and oxygen atoms in total. The molecule has 0 atom stereocenters. The molecular formula is C31H32N7P. The first-order valence-corrected chi connectivity index (χ1v) is 15.1. The number of imidazole rings is 1. The lowest BCUT2D eigenvalue weighted by molar-refractivity contribution is 0.253. The number of nitrogens with two attached hydrogens (primary N) is 2. The van der Waals surface area contributed by atoms with Gasteiger partial charge in [0.1, 0.15) is 11.3 Å². The van der Waals surface area contributed by atoms with E-state index in [0.717, 1.165) is 74.0 Å². The minimum Gasteiger partial charge on any atom is -0.383 e. The van der Waals surface area contributed by atoms with Crippen molar-refractivity contribution in [3.05, 3.63) is 84.6 Å². The molecule has 39 heavy (non-hydrogen) atoms. The van der Waals surface area contributed by atoms with Gasteiger partial charge in [0, 0.05) is 41.8 Å². The first-order valence-electron chi connectivity index (χ1n) is 13.7. The summed E-state index contributed by atoms with van der Waals surface area (Å²) in [6.07, 6.45) is 7.49. The number of hydrogen-bond donors (Lipinski definition) is 2. The molecule has 1 saturated heterocycles.